The molecule has 1 unspecified atom stereocenters. The molecular formula is C10H14N2O4. The average molecular weight is 226 g/mol. The van der Waals surface area contributed by atoms with E-state index in [1.54, 1.807) is 6.92 Å². The fraction of sp³-hybridized carbons (Fsp3) is 0.700. The minimum atomic E-state index is -1.24. The van der Waals surface area contributed by atoms with E-state index < -0.39 is 23.3 Å². The average Bonchev–Trinajstić information content (AvgIpc) is 3.02. The van der Waals surface area contributed by atoms with Gasteiger partial charge in [0.15, 0.2) is 0 Å². The lowest BCUT2D eigenvalue weighted by Gasteiger charge is -2.34. The Hall–Kier alpha value is -1.59. The molecule has 0 aromatic rings. The Kier molecular flexibility index (Phi) is 2.36. The minimum absolute atomic E-state index is 0.221. The highest BCUT2D eigenvalue weighted by atomic mass is 16.4. The van der Waals surface area contributed by atoms with E-state index in [4.69, 9.17) is 5.11 Å². The van der Waals surface area contributed by atoms with Gasteiger partial charge in [0.25, 0.3) is 0 Å². The van der Waals surface area contributed by atoms with Crippen LogP contribution in [0, 0.1) is 5.41 Å². The van der Waals surface area contributed by atoms with Crippen LogP contribution in [-0.4, -0.2) is 46.9 Å². The molecule has 0 spiro atoms. The first-order valence-electron chi connectivity index (χ1n) is 5.31. The second-order valence-corrected chi connectivity index (χ2v) is 4.35. The summed E-state index contributed by atoms with van der Waals surface area (Å²) in [6.07, 6.45) is 0.762. The second kappa shape index (κ2) is 3.47. The third kappa shape index (κ3) is 1.45. The monoisotopic (exact) mass is 226 g/mol. The van der Waals surface area contributed by atoms with Gasteiger partial charge in [0, 0.05) is 13.1 Å². The van der Waals surface area contributed by atoms with Crippen LogP contribution in [-0.2, 0) is 14.4 Å². The van der Waals surface area contributed by atoms with Crippen LogP contribution in [0.2, 0.25) is 0 Å². The van der Waals surface area contributed by atoms with Crippen molar-refractivity contribution in [2.45, 2.75) is 25.8 Å². The molecule has 1 aliphatic carbocycles. The first-order valence-corrected chi connectivity index (χ1v) is 5.31. The summed E-state index contributed by atoms with van der Waals surface area (Å²) in [5.74, 6) is -1.71. The highest BCUT2D eigenvalue weighted by Gasteiger charge is 2.59. The van der Waals surface area contributed by atoms with E-state index in [0.29, 0.717) is 25.9 Å². The number of rotatable bonds is 2. The predicted molar refractivity (Wildman–Crippen MR) is 53.5 cm³/mol. The van der Waals surface area contributed by atoms with Gasteiger partial charge >= 0.3 is 5.97 Å². The standard InChI is InChI=1S/C10H14N2O4/c1-6-7(13)11-4-5-12(6)8(14)10(2-3-10)9(15)16/h6H,2-5H2,1H3,(H,11,13)(H,15,16). The van der Waals surface area contributed by atoms with Crippen molar-refractivity contribution in [3.05, 3.63) is 0 Å². The number of carboxylic acids is 1. The summed E-state index contributed by atoms with van der Waals surface area (Å²) < 4.78 is 0. The van der Waals surface area contributed by atoms with Crippen molar-refractivity contribution < 1.29 is 19.5 Å². The van der Waals surface area contributed by atoms with Gasteiger partial charge in [0.05, 0.1) is 0 Å². The molecule has 1 atom stereocenters. The summed E-state index contributed by atoms with van der Waals surface area (Å²) >= 11 is 0. The third-order valence-corrected chi connectivity index (χ3v) is 3.33. The van der Waals surface area contributed by atoms with Crippen LogP contribution in [0.4, 0.5) is 0 Å². The molecule has 0 bridgehead atoms. The number of aliphatic carboxylic acids is 1. The summed E-state index contributed by atoms with van der Waals surface area (Å²) in [5.41, 5.74) is -1.24. The van der Waals surface area contributed by atoms with Gasteiger partial charge in [0.1, 0.15) is 11.5 Å². The smallest absolute Gasteiger partial charge is 0.319 e. The molecule has 0 aromatic carbocycles. The molecule has 6 nitrogen and oxygen atoms in total. The molecule has 1 aliphatic heterocycles. The molecule has 2 aliphatic rings. The van der Waals surface area contributed by atoms with E-state index in [-0.39, 0.29) is 5.91 Å². The zero-order valence-corrected chi connectivity index (χ0v) is 9.02. The van der Waals surface area contributed by atoms with E-state index in [1.807, 2.05) is 0 Å². The normalized spacial score (nSPS) is 27.2. The lowest BCUT2D eigenvalue weighted by Crippen LogP contribution is -2.58. The van der Waals surface area contributed by atoms with Crippen molar-refractivity contribution in [3.8, 4) is 0 Å². The van der Waals surface area contributed by atoms with Crippen LogP contribution < -0.4 is 5.32 Å². The fourth-order valence-electron chi connectivity index (χ4n) is 1.98. The van der Waals surface area contributed by atoms with Crippen LogP contribution in [0.1, 0.15) is 19.8 Å². The van der Waals surface area contributed by atoms with E-state index in [9.17, 15) is 14.4 Å². The van der Waals surface area contributed by atoms with Crippen molar-refractivity contribution in [1.29, 1.82) is 0 Å². The number of hydrogen-bond donors (Lipinski definition) is 2. The zero-order chi connectivity index (χ0) is 11.9. The van der Waals surface area contributed by atoms with E-state index in [2.05, 4.69) is 5.32 Å². The number of piperazine rings is 1. The molecule has 0 aromatic heterocycles. The summed E-state index contributed by atoms with van der Waals surface area (Å²) in [5, 5.41) is 11.6. The largest absolute Gasteiger partial charge is 0.480 e. The van der Waals surface area contributed by atoms with Crippen LogP contribution in [0.15, 0.2) is 0 Å². The Morgan fingerprint density at radius 2 is 2.12 bits per heavy atom. The topological polar surface area (TPSA) is 86.7 Å². The van der Waals surface area contributed by atoms with E-state index in [1.165, 1.54) is 4.90 Å². The molecule has 1 heterocycles. The number of carboxylic acid groups (broad SMARTS) is 1. The molecule has 1 saturated heterocycles. The highest BCUT2D eigenvalue weighted by molar-refractivity contribution is 6.06. The Morgan fingerprint density at radius 1 is 1.50 bits per heavy atom. The predicted octanol–water partition coefficient (Wildman–Crippen LogP) is -0.802. The van der Waals surface area contributed by atoms with Gasteiger partial charge in [-0.05, 0) is 19.8 Å². The Labute approximate surface area is 92.6 Å². The van der Waals surface area contributed by atoms with Gasteiger partial charge in [-0.15, -0.1) is 0 Å². The van der Waals surface area contributed by atoms with Crippen LogP contribution in [0.3, 0.4) is 0 Å². The third-order valence-electron chi connectivity index (χ3n) is 3.33. The maximum Gasteiger partial charge on any atom is 0.319 e. The summed E-state index contributed by atoms with van der Waals surface area (Å²) in [4.78, 5) is 35.8. The summed E-state index contributed by atoms with van der Waals surface area (Å²) in [7, 11) is 0. The molecule has 16 heavy (non-hydrogen) atoms. The SMILES string of the molecule is CC1C(=O)NCCN1C(=O)C1(C(=O)O)CC1. The number of amides is 2. The van der Waals surface area contributed by atoms with Crippen LogP contribution >= 0.6 is 0 Å². The van der Waals surface area contributed by atoms with Gasteiger partial charge in [0.2, 0.25) is 11.8 Å². The van der Waals surface area contributed by atoms with Gasteiger partial charge in [-0.2, -0.15) is 0 Å². The first-order chi connectivity index (χ1) is 7.49. The van der Waals surface area contributed by atoms with Crippen LogP contribution in [0.5, 0.6) is 0 Å². The van der Waals surface area contributed by atoms with Gasteiger partial charge in [-0.1, -0.05) is 0 Å². The van der Waals surface area contributed by atoms with Crippen LogP contribution in [0.25, 0.3) is 0 Å². The Morgan fingerprint density at radius 3 is 2.62 bits per heavy atom. The second-order valence-electron chi connectivity index (χ2n) is 4.35. The number of nitrogens with zero attached hydrogens (tertiary/aromatic N) is 1. The molecule has 2 fully saturated rings. The maximum absolute atomic E-state index is 12.0. The lowest BCUT2D eigenvalue weighted by atomic mass is 10.0. The molecule has 1 saturated carbocycles. The summed E-state index contributed by atoms with van der Waals surface area (Å²) in [6.45, 7) is 2.40. The molecule has 6 heteroatoms. The maximum atomic E-state index is 12.0. The quantitative estimate of drug-likeness (QED) is 0.603. The first kappa shape index (κ1) is 10.9. The molecule has 2 rings (SSSR count). The number of carbonyl (C=O) groups excluding carboxylic acids is 2. The van der Waals surface area contributed by atoms with Crippen molar-refractivity contribution >= 4 is 17.8 Å². The van der Waals surface area contributed by atoms with Gasteiger partial charge in [-0.25, -0.2) is 0 Å². The number of nitrogens with one attached hydrogen (secondary N) is 1. The number of hydrogen-bond acceptors (Lipinski definition) is 3. The van der Waals surface area contributed by atoms with Crippen molar-refractivity contribution in [2.75, 3.05) is 13.1 Å². The fourth-order valence-corrected chi connectivity index (χ4v) is 1.98. The van der Waals surface area contributed by atoms with Gasteiger partial charge < -0.3 is 15.3 Å². The minimum Gasteiger partial charge on any atom is -0.480 e. The van der Waals surface area contributed by atoms with Crippen molar-refractivity contribution in [3.63, 3.8) is 0 Å². The highest BCUT2D eigenvalue weighted by Crippen LogP contribution is 2.47. The van der Waals surface area contributed by atoms with E-state index >= 15 is 0 Å². The Balaban J connectivity index is 2.16. The van der Waals surface area contributed by atoms with Crippen molar-refractivity contribution in [2.24, 2.45) is 5.41 Å². The van der Waals surface area contributed by atoms with E-state index in [0.717, 1.165) is 0 Å². The molecular weight excluding hydrogens is 212 g/mol. The molecule has 88 valence electrons. The van der Waals surface area contributed by atoms with Crippen molar-refractivity contribution in [1.82, 2.24) is 10.2 Å². The number of carbonyl (C=O) groups is 3. The summed E-state index contributed by atoms with van der Waals surface area (Å²) in [6, 6.07) is -0.571. The lowest BCUT2D eigenvalue weighted by molar-refractivity contribution is -0.157. The molecule has 2 amide bonds. The van der Waals surface area contributed by atoms with Gasteiger partial charge in [-0.3, -0.25) is 14.4 Å². The molecule has 0 radical (unpaired) electrons. The molecule has 2 N–H and O–H groups in total. The Bertz CT molecular complexity index is 362. The zero-order valence-electron chi connectivity index (χ0n) is 9.02.